The van der Waals surface area contributed by atoms with Crippen molar-refractivity contribution in [3.05, 3.63) is 28.8 Å². The average molecular weight is 324 g/mol. The summed E-state index contributed by atoms with van der Waals surface area (Å²) in [5, 5.41) is 0.423. The molecule has 0 saturated carbocycles. The lowest BCUT2D eigenvalue weighted by Crippen LogP contribution is -2.50. The second-order valence-corrected chi connectivity index (χ2v) is 6.37. The quantitative estimate of drug-likeness (QED) is 0.863. The van der Waals surface area contributed by atoms with Gasteiger partial charge in [-0.15, -0.1) is 0 Å². The number of nitrogens with zero attached hydrogens (tertiary/aromatic N) is 2. The van der Waals surface area contributed by atoms with Crippen LogP contribution in [-0.2, 0) is 4.74 Å². The van der Waals surface area contributed by atoms with Crippen molar-refractivity contribution in [1.82, 2.24) is 9.80 Å². The highest BCUT2D eigenvalue weighted by Crippen LogP contribution is 2.22. The molecule has 2 N–H and O–H groups in total. The number of piperazine rings is 1. The normalized spacial score (nSPS) is 23.0. The molecule has 0 radical (unpaired) electrons. The van der Waals surface area contributed by atoms with Gasteiger partial charge in [-0.25, -0.2) is 0 Å². The van der Waals surface area contributed by atoms with Gasteiger partial charge in [0.15, 0.2) is 0 Å². The van der Waals surface area contributed by atoms with Crippen LogP contribution in [0.4, 0.5) is 5.69 Å². The minimum atomic E-state index is -0.0123. The van der Waals surface area contributed by atoms with Crippen molar-refractivity contribution < 1.29 is 9.53 Å². The SMILES string of the molecule is Nc1ccc(C(=O)N2CCN(CC3CCCO3)CC2)c(Cl)c1. The maximum absolute atomic E-state index is 12.5. The summed E-state index contributed by atoms with van der Waals surface area (Å²) in [7, 11) is 0. The molecule has 2 fully saturated rings. The van der Waals surface area contributed by atoms with Crippen molar-refractivity contribution in [1.29, 1.82) is 0 Å². The van der Waals surface area contributed by atoms with Gasteiger partial charge in [-0.05, 0) is 31.0 Å². The molecule has 3 rings (SSSR count). The van der Waals surface area contributed by atoms with Crippen molar-refractivity contribution in [2.45, 2.75) is 18.9 Å². The van der Waals surface area contributed by atoms with Gasteiger partial charge in [0.1, 0.15) is 0 Å². The summed E-state index contributed by atoms with van der Waals surface area (Å²) >= 11 is 6.13. The molecule has 120 valence electrons. The molecule has 0 bridgehead atoms. The van der Waals surface area contributed by atoms with Crippen LogP contribution in [0.25, 0.3) is 0 Å². The number of ether oxygens (including phenoxy) is 1. The maximum atomic E-state index is 12.5. The van der Waals surface area contributed by atoms with Crippen LogP contribution < -0.4 is 5.73 Å². The summed E-state index contributed by atoms with van der Waals surface area (Å²) in [6.45, 7) is 5.10. The lowest BCUT2D eigenvalue weighted by Gasteiger charge is -2.35. The third-order valence-corrected chi connectivity index (χ3v) is 4.68. The van der Waals surface area contributed by atoms with Gasteiger partial charge in [0.2, 0.25) is 0 Å². The van der Waals surface area contributed by atoms with Gasteiger partial charge in [-0.3, -0.25) is 9.69 Å². The first kappa shape index (κ1) is 15.6. The van der Waals surface area contributed by atoms with E-state index in [1.54, 1.807) is 18.2 Å². The number of carbonyl (C=O) groups excluding carboxylic acids is 1. The predicted octanol–water partition coefficient (Wildman–Crippen LogP) is 1.86. The topological polar surface area (TPSA) is 58.8 Å². The van der Waals surface area contributed by atoms with Crippen molar-refractivity contribution in [3.63, 3.8) is 0 Å². The first-order chi connectivity index (χ1) is 10.6. The third-order valence-electron chi connectivity index (χ3n) is 4.37. The largest absolute Gasteiger partial charge is 0.399 e. The summed E-state index contributed by atoms with van der Waals surface area (Å²) in [6, 6.07) is 5.05. The second kappa shape index (κ2) is 6.86. The van der Waals surface area contributed by atoms with E-state index in [1.807, 2.05) is 4.90 Å². The maximum Gasteiger partial charge on any atom is 0.255 e. The first-order valence-electron chi connectivity index (χ1n) is 7.82. The Morgan fingerprint density at radius 1 is 1.32 bits per heavy atom. The van der Waals surface area contributed by atoms with Gasteiger partial charge in [0, 0.05) is 45.0 Å². The number of hydrogen-bond donors (Lipinski definition) is 1. The Bertz CT molecular complexity index is 538. The molecule has 5 nitrogen and oxygen atoms in total. The summed E-state index contributed by atoms with van der Waals surface area (Å²) in [6.07, 6.45) is 2.69. The molecule has 2 heterocycles. The first-order valence-corrected chi connectivity index (χ1v) is 8.19. The van der Waals surface area contributed by atoms with E-state index in [1.165, 1.54) is 6.42 Å². The Kier molecular flexibility index (Phi) is 4.86. The molecule has 1 aromatic carbocycles. The van der Waals surface area contributed by atoms with Crippen LogP contribution in [0.5, 0.6) is 0 Å². The minimum Gasteiger partial charge on any atom is -0.399 e. The van der Waals surface area contributed by atoms with Crippen LogP contribution in [0.2, 0.25) is 5.02 Å². The zero-order chi connectivity index (χ0) is 15.5. The Morgan fingerprint density at radius 3 is 2.73 bits per heavy atom. The lowest BCUT2D eigenvalue weighted by atomic mass is 10.1. The Balaban J connectivity index is 1.55. The molecule has 1 amide bonds. The number of anilines is 1. The zero-order valence-corrected chi connectivity index (χ0v) is 13.4. The predicted molar refractivity (Wildman–Crippen MR) is 87.2 cm³/mol. The van der Waals surface area contributed by atoms with E-state index in [0.717, 1.165) is 45.8 Å². The zero-order valence-electron chi connectivity index (χ0n) is 12.6. The van der Waals surface area contributed by atoms with E-state index in [9.17, 15) is 4.79 Å². The van der Waals surface area contributed by atoms with Crippen molar-refractivity contribution in [2.75, 3.05) is 45.1 Å². The fourth-order valence-corrected chi connectivity index (χ4v) is 3.35. The number of halogens is 1. The highest BCUT2D eigenvalue weighted by atomic mass is 35.5. The number of carbonyl (C=O) groups is 1. The van der Waals surface area contributed by atoms with Crippen molar-refractivity contribution >= 4 is 23.2 Å². The number of amides is 1. The monoisotopic (exact) mass is 323 g/mol. The van der Waals surface area contributed by atoms with Gasteiger partial charge in [0.25, 0.3) is 5.91 Å². The third kappa shape index (κ3) is 3.54. The summed E-state index contributed by atoms with van der Waals surface area (Å²) in [4.78, 5) is 16.8. The fraction of sp³-hybridized carbons (Fsp3) is 0.562. The summed E-state index contributed by atoms with van der Waals surface area (Å²) in [5.41, 5.74) is 6.78. The molecule has 0 spiro atoms. The molecule has 0 aliphatic carbocycles. The van der Waals surface area contributed by atoms with E-state index < -0.39 is 0 Å². The van der Waals surface area contributed by atoms with Crippen LogP contribution in [0.15, 0.2) is 18.2 Å². The van der Waals surface area contributed by atoms with Gasteiger partial charge >= 0.3 is 0 Å². The van der Waals surface area contributed by atoms with E-state index in [-0.39, 0.29) is 5.91 Å². The lowest BCUT2D eigenvalue weighted by molar-refractivity contribution is 0.0433. The van der Waals surface area contributed by atoms with Crippen LogP contribution in [-0.4, -0.2) is 61.1 Å². The molecule has 22 heavy (non-hydrogen) atoms. The number of benzene rings is 1. The molecule has 2 aliphatic heterocycles. The number of nitrogens with two attached hydrogens (primary N) is 1. The van der Waals surface area contributed by atoms with E-state index in [0.29, 0.717) is 22.4 Å². The van der Waals surface area contributed by atoms with Crippen LogP contribution in [0.3, 0.4) is 0 Å². The van der Waals surface area contributed by atoms with Gasteiger partial charge < -0.3 is 15.4 Å². The number of rotatable bonds is 3. The summed E-state index contributed by atoms with van der Waals surface area (Å²) in [5.74, 6) is -0.0123. The Labute approximate surface area is 136 Å². The molecular weight excluding hydrogens is 302 g/mol. The Hall–Kier alpha value is -1.30. The number of hydrogen-bond acceptors (Lipinski definition) is 4. The molecule has 2 saturated heterocycles. The molecular formula is C16H22ClN3O2. The molecule has 1 unspecified atom stereocenters. The van der Waals surface area contributed by atoms with E-state index >= 15 is 0 Å². The average Bonchev–Trinajstić information content (AvgIpc) is 3.00. The van der Waals surface area contributed by atoms with Gasteiger partial charge in [0.05, 0.1) is 16.7 Å². The van der Waals surface area contributed by atoms with Gasteiger partial charge in [-0.1, -0.05) is 11.6 Å². The molecule has 1 aromatic rings. The standard InChI is InChI=1S/C16H22ClN3O2/c17-15-10-12(18)3-4-14(15)16(21)20-7-5-19(6-8-20)11-13-2-1-9-22-13/h3-4,10,13H,1-2,5-9,11,18H2. The minimum absolute atomic E-state index is 0.0123. The number of nitrogen functional groups attached to an aromatic ring is 1. The van der Waals surface area contributed by atoms with E-state index in [2.05, 4.69) is 4.90 Å². The second-order valence-electron chi connectivity index (χ2n) is 5.97. The fourth-order valence-electron chi connectivity index (χ4n) is 3.08. The molecule has 0 aromatic heterocycles. The van der Waals surface area contributed by atoms with Gasteiger partial charge in [-0.2, -0.15) is 0 Å². The van der Waals surface area contributed by atoms with Crippen LogP contribution >= 0.6 is 11.6 Å². The molecule has 6 heteroatoms. The molecule has 1 atom stereocenters. The summed E-state index contributed by atoms with van der Waals surface area (Å²) < 4.78 is 5.67. The van der Waals surface area contributed by atoms with Crippen molar-refractivity contribution in [3.8, 4) is 0 Å². The van der Waals surface area contributed by atoms with Crippen LogP contribution in [0.1, 0.15) is 23.2 Å². The smallest absolute Gasteiger partial charge is 0.255 e. The van der Waals surface area contributed by atoms with Crippen LogP contribution in [0, 0.1) is 0 Å². The Morgan fingerprint density at radius 2 is 2.09 bits per heavy atom. The highest BCUT2D eigenvalue weighted by Gasteiger charge is 2.26. The molecule has 2 aliphatic rings. The van der Waals surface area contributed by atoms with Crippen molar-refractivity contribution in [2.24, 2.45) is 0 Å². The highest BCUT2D eigenvalue weighted by molar-refractivity contribution is 6.34. The van der Waals surface area contributed by atoms with E-state index in [4.69, 9.17) is 22.1 Å².